The Morgan fingerprint density at radius 1 is 1.57 bits per heavy atom. The van der Waals surface area contributed by atoms with Crippen molar-refractivity contribution in [1.82, 2.24) is 0 Å². The van der Waals surface area contributed by atoms with Crippen molar-refractivity contribution in [3.05, 3.63) is 0 Å². The van der Waals surface area contributed by atoms with Gasteiger partial charge in [0.1, 0.15) is 6.61 Å². The molecule has 0 unspecified atom stereocenters. The molecule has 0 N–H and O–H groups in total. The maximum absolute atomic E-state index is 10.1. The SMILES string of the molecule is COC(C)(C)C[O]. The van der Waals surface area contributed by atoms with Crippen molar-refractivity contribution in [2.75, 3.05) is 13.7 Å². The molecule has 7 heavy (non-hydrogen) atoms. The molecule has 0 amide bonds. The first-order chi connectivity index (χ1) is 3.12. The molecule has 0 rings (SSSR count). The second-order valence-corrected chi connectivity index (χ2v) is 2.11. The molecule has 2 heteroatoms. The molecular weight excluding hydrogens is 92.1 g/mol. The minimum absolute atomic E-state index is 0.177. The van der Waals surface area contributed by atoms with Crippen LogP contribution >= 0.6 is 0 Å². The van der Waals surface area contributed by atoms with E-state index in [0.29, 0.717) is 0 Å². The molecule has 0 aliphatic rings. The van der Waals surface area contributed by atoms with Gasteiger partial charge in [-0.05, 0) is 13.8 Å². The number of methoxy groups -OCH3 is 1. The summed E-state index contributed by atoms with van der Waals surface area (Å²) in [6.45, 7) is 3.35. The number of hydrogen-bond donors (Lipinski definition) is 0. The fourth-order valence-corrected chi connectivity index (χ4v) is 0.0589. The molecule has 0 aromatic rings. The van der Waals surface area contributed by atoms with Crippen LogP contribution in [0.5, 0.6) is 0 Å². The minimum atomic E-state index is -0.472. The van der Waals surface area contributed by atoms with Crippen LogP contribution in [0.25, 0.3) is 0 Å². The predicted molar refractivity (Wildman–Crippen MR) is 26.6 cm³/mol. The summed E-state index contributed by atoms with van der Waals surface area (Å²) in [5.41, 5.74) is -0.472. The molecule has 0 heterocycles. The summed E-state index contributed by atoms with van der Waals surface area (Å²) in [6.07, 6.45) is 0. The molecule has 0 aliphatic carbocycles. The molecule has 0 atom stereocenters. The van der Waals surface area contributed by atoms with Gasteiger partial charge in [-0.25, -0.2) is 5.11 Å². The van der Waals surface area contributed by atoms with Crippen LogP contribution in [0.1, 0.15) is 13.8 Å². The lowest BCUT2D eigenvalue weighted by molar-refractivity contribution is -0.0447. The van der Waals surface area contributed by atoms with Crippen molar-refractivity contribution in [2.45, 2.75) is 19.4 Å². The van der Waals surface area contributed by atoms with E-state index in [1.54, 1.807) is 13.8 Å². The van der Waals surface area contributed by atoms with E-state index in [4.69, 9.17) is 4.74 Å². The Morgan fingerprint density at radius 2 is 2.00 bits per heavy atom. The fourth-order valence-electron chi connectivity index (χ4n) is 0.0589. The third-order valence-electron chi connectivity index (χ3n) is 0.900. The van der Waals surface area contributed by atoms with E-state index in [2.05, 4.69) is 0 Å². The molecule has 2 nitrogen and oxygen atoms in total. The van der Waals surface area contributed by atoms with Gasteiger partial charge in [-0.2, -0.15) is 0 Å². The van der Waals surface area contributed by atoms with Crippen LogP contribution in [0.3, 0.4) is 0 Å². The molecular formula is C5H11O2. The highest BCUT2D eigenvalue weighted by atomic mass is 16.5. The van der Waals surface area contributed by atoms with Gasteiger partial charge in [-0.1, -0.05) is 0 Å². The smallest absolute Gasteiger partial charge is 0.111 e. The van der Waals surface area contributed by atoms with Crippen LogP contribution in [0.15, 0.2) is 0 Å². The summed E-state index contributed by atoms with van der Waals surface area (Å²) in [4.78, 5) is 0. The van der Waals surface area contributed by atoms with E-state index in [9.17, 15) is 5.11 Å². The van der Waals surface area contributed by atoms with E-state index in [1.807, 2.05) is 0 Å². The van der Waals surface area contributed by atoms with Gasteiger partial charge in [-0.15, -0.1) is 0 Å². The second-order valence-electron chi connectivity index (χ2n) is 2.11. The number of hydrogen-bond acceptors (Lipinski definition) is 1. The van der Waals surface area contributed by atoms with Crippen LogP contribution < -0.4 is 0 Å². The van der Waals surface area contributed by atoms with Crippen LogP contribution in [0, 0.1) is 0 Å². The Morgan fingerprint density at radius 3 is 2.00 bits per heavy atom. The average molecular weight is 103 g/mol. The largest absolute Gasteiger partial charge is 0.376 e. The fraction of sp³-hybridized carbons (Fsp3) is 1.00. The lowest BCUT2D eigenvalue weighted by atomic mass is 10.2. The van der Waals surface area contributed by atoms with Crippen molar-refractivity contribution in [3.63, 3.8) is 0 Å². The van der Waals surface area contributed by atoms with E-state index in [1.165, 1.54) is 7.11 Å². The van der Waals surface area contributed by atoms with Gasteiger partial charge >= 0.3 is 0 Å². The van der Waals surface area contributed by atoms with E-state index >= 15 is 0 Å². The van der Waals surface area contributed by atoms with Crippen molar-refractivity contribution in [2.24, 2.45) is 0 Å². The van der Waals surface area contributed by atoms with Gasteiger partial charge in [0.2, 0.25) is 0 Å². The third-order valence-corrected chi connectivity index (χ3v) is 0.900. The molecule has 0 spiro atoms. The van der Waals surface area contributed by atoms with Crippen molar-refractivity contribution in [1.29, 1.82) is 0 Å². The van der Waals surface area contributed by atoms with Crippen LogP contribution in [-0.2, 0) is 9.84 Å². The zero-order valence-electron chi connectivity index (χ0n) is 5.02. The van der Waals surface area contributed by atoms with Crippen LogP contribution in [0.4, 0.5) is 0 Å². The average Bonchev–Trinajstić information content (AvgIpc) is 1.68. The van der Waals surface area contributed by atoms with E-state index in [-0.39, 0.29) is 6.61 Å². The highest BCUT2D eigenvalue weighted by molar-refractivity contribution is 4.63. The topological polar surface area (TPSA) is 29.1 Å². The Kier molecular flexibility index (Phi) is 2.26. The van der Waals surface area contributed by atoms with Crippen molar-refractivity contribution < 1.29 is 9.84 Å². The predicted octanol–water partition coefficient (Wildman–Crippen LogP) is 0.842. The Labute approximate surface area is 44.1 Å². The van der Waals surface area contributed by atoms with Crippen LogP contribution in [-0.4, -0.2) is 19.3 Å². The molecule has 0 aliphatic heterocycles. The summed E-state index contributed by atoms with van der Waals surface area (Å²) in [6, 6.07) is 0. The third kappa shape index (κ3) is 2.60. The molecule has 0 saturated carbocycles. The molecule has 0 bridgehead atoms. The maximum atomic E-state index is 10.1. The molecule has 0 aromatic heterocycles. The summed E-state index contributed by atoms with van der Waals surface area (Å²) >= 11 is 0. The maximum Gasteiger partial charge on any atom is 0.111 e. The Balaban J connectivity index is 3.36. The zero-order valence-corrected chi connectivity index (χ0v) is 5.02. The van der Waals surface area contributed by atoms with Gasteiger partial charge in [-0.3, -0.25) is 0 Å². The molecule has 43 valence electrons. The Hall–Kier alpha value is -0.0800. The van der Waals surface area contributed by atoms with Gasteiger partial charge in [0.15, 0.2) is 0 Å². The van der Waals surface area contributed by atoms with Gasteiger partial charge in [0, 0.05) is 7.11 Å². The lowest BCUT2D eigenvalue weighted by Gasteiger charge is -2.16. The quantitative estimate of drug-likeness (QED) is 0.509. The first-order valence-electron chi connectivity index (χ1n) is 2.25. The van der Waals surface area contributed by atoms with Crippen LogP contribution in [0.2, 0.25) is 0 Å². The molecule has 0 fully saturated rings. The Bertz CT molecular complexity index is 44.0. The van der Waals surface area contributed by atoms with Gasteiger partial charge < -0.3 is 4.74 Å². The minimum Gasteiger partial charge on any atom is -0.376 e. The molecule has 0 saturated heterocycles. The summed E-state index contributed by atoms with van der Waals surface area (Å²) in [5.74, 6) is 0. The number of ether oxygens (including phenoxy) is 1. The lowest BCUT2D eigenvalue weighted by Crippen LogP contribution is -2.26. The second kappa shape index (κ2) is 2.28. The van der Waals surface area contributed by atoms with E-state index < -0.39 is 5.60 Å². The van der Waals surface area contributed by atoms with E-state index in [0.717, 1.165) is 0 Å². The highest BCUT2D eigenvalue weighted by Gasteiger charge is 2.13. The molecule has 0 aromatic carbocycles. The zero-order chi connectivity index (χ0) is 5.91. The van der Waals surface area contributed by atoms with Gasteiger partial charge in [0.25, 0.3) is 0 Å². The standard InChI is InChI=1S/C5H11O2/c1-5(2,4-6)7-3/h4H2,1-3H3. The first kappa shape index (κ1) is 6.92. The monoisotopic (exact) mass is 103 g/mol. The normalized spacial score (nSPS) is 12.0. The summed E-state index contributed by atoms with van der Waals surface area (Å²) in [5, 5.41) is 10.1. The first-order valence-corrected chi connectivity index (χ1v) is 2.25. The van der Waals surface area contributed by atoms with Crippen molar-refractivity contribution >= 4 is 0 Å². The summed E-state index contributed by atoms with van der Waals surface area (Å²) in [7, 11) is 1.54. The number of rotatable bonds is 2. The highest BCUT2D eigenvalue weighted by Crippen LogP contribution is 2.03. The van der Waals surface area contributed by atoms with Crippen molar-refractivity contribution in [3.8, 4) is 0 Å². The molecule has 1 radical (unpaired) electrons. The van der Waals surface area contributed by atoms with Gasteiger partial charge in [0.05, 0.1) is 5.60 Å². The summed E-state index contributed by atoms with van der Waals surface area (Å²) < 4.78 is 4.77.